The van der Waals surface area contributed by atoms with Crippen LogP contribution in [-0.2, 0) is 7.05 Å². The van der Waals surface area contributed by atoms with E-state index in [0.29, 0.717) is 10.8 Å². The number of nitrogens with two attached hydrogens (primary N) is 1. The lowest BCUT2D eigenvalue weighted by atomic mass is 10.4. The fourth-order valence-corrected chi connectivity index (χ4v) is 0.728. The molecule has 2 N–H and O–H groups in total. The van der Waals surface area contributed by atoms with Gasteiger partial charge < -0.3 is 24.0 Å². The molecule has 0 aliphatic heterocycles. The van der Waals surface area contributed by atoms with E-state index in [2.05, 4.69) is 0 Å². The molecule has 0 atom stereocenters. The average molecular weight is 271 g/mol. The third-order valence-corrected chi connectivity index (χ3v) is 1.39. The second kappa shape index (κ2) is 3.98. The van der Waals surface area contributed by atoms with Gasteiger partial charge in [0, 0.05) is 6.07 Å². The van der Waals surface area contributed by atoms with Crippen LogP contribution >= 0.6 is 11.6 Å². The smallest absolute Gasteiger partial charge is 0.273 e. The summed E-state index contributed by atoms with van der Waals surface area (Å²) in [5.74, 6) is 0.669. The maximum atomic E-state index is 5.62. The molecule has 10 heavy (non-hydrogen) atoms. The number of aromatic nitrogens is 1. The van der Waals surface area contributed by atoms with Gasteiger partial charge in [-0.2, -0.15) is 0 Å². The lowest BCUT2D eigenvalue weighted by Crippen LogP contribution is -3.00. The van der Waals surface area contributed by atoms with Crippen LogP contribution in [0, 0.1) is 0 Å². The molecule has 0 saturated carbocycles. The normalized spacial score (nSPS) is 8.60. The first kappa shape index (κ1) is 9.97. The van der Waals surface area contributed by atoms with Crippen molar-refractivity contribution >= 4 is 17.4 Å². The van der Waals surface area contributed by atoms with E-state index in [1.807, 2.05) is 13.2 Å². The third kappa shape index (κ3) is 2.30. The zero-order chi connectivity index (χ0) is 6.85. The fourth-order valence-electron chi connectivity index (χ4n) is 0.560. The highest BCUT2D eigenvalue weighted by Crippen LogP contribution is 2.06. The number of nitrogen functional groups attached to an aromatic ring is 1. The minimum atomic E-state index is 0. The second-order valence-corrected chi connectivity index (χ2v) is 2.32. The van der Waals surface area contributed by atoms with E-state index in [-0.39, 0.29) is 24.0 Å². The van der Waals surface area contributed by atoms with Crippen LogP contribution in [0.25, 0.3) is 0 Å². The van der Waals surface area contributed by atoms with Crippen molar-refractivity contribution in [3.05, 3.63) is 23.4 Å². The number of hydrogen-bond donors (Lipinski definition) is 1. The third-order valence-electron chi connectivity index (χ3n) is 1.15. The van der Waals surface area contributed by atoms with Gasteiger partial charge in [0.2, 0.25) is 0 Å². The first-order valence-electron chi connectivity index (χ1n) is 2.61. The van der Waals surface area contributed by atoms with E-state index in [0.717, 1.165) is 0 Å². The van der Waals surface area contributed by atoms with Crippen molar-refractivity contribution in [1.29, 1.82) is 0 Å². The van der Waals surface area contributed by atoms with Gasteiger partial charge in [0.05, 0.1) is 18.3 Å². The van der Waals surface area contributed by atoms with Gasteiger partial charge in [0.15, 0.2) is 0 Å². The minimum absolute atomic E-state index is 0. The Morgan fingerprint density at radius 3 is 2.60 bits per heavy atom. The molecule has 1 aromatic rings. The molecule has 0 amide bonds. The van der Waals surface area contributed by atoms with Crippen LogP contribution in [0.15, 0.2) is 18.3 Å². The molecule has 0 aliphatic carbocycles. The van der Waals surface area contributed by atoms with E-state index < -0.39 is 0 Å². The van der Waals surface area contributed by atoms with Crippen molar-refractivity contribution in [3.63, 3.8) is 0 Å². The Balaban J connectivity index is 0.000000810. The molecule has 1 aromatic heterocycles. The minimum Gasteiger partial charge on any atom is -1.00 e. The number of anilines is 1. The molecular formula is C6H8ClIN2. The summed E-state index contributed by atoms with van der Waals surface area (Å²) >= 11 is 5.62. The van der Waals surface area contributed by atoms with Gasteiger partial charge in [0.1, 0.15) is 0 Å². The summed E-state index contributed by atoms with van der Waals surface area (Å²) in [6, 6.07) is 3.50. The summed E-state index contributed by atoms with van der Waals surface area (Å²) < 4.78 is 1.80. The molecule has 1 heterocycles. The maximum absolute atomic E-state index is 5.62. The summed E-state index contributed by atoms with van der Waals surface area (Å²) in [4.78, 5) is 0. The number of rotatable bonds is 0. The molecule has 1 rings (SSSR count). The summed E-state index contributed by atoms with van der Waals surface area (Å²) in [5, 5.41) is 0.672. The standard InChI is InChI=1S/C6H7ClN2.HI/c1-9-3-2-5(7)4-6(9)8;/h2-4,8H,1H3;1H. The monoisotopic (exact) mass is 270 g/mol. The summed E-state index contributed by atoms with van der Waals surface area (Å²) in [7, 11) is 1.87. The zero-order valence-corrected chi connectivity index (χ0v) is 8.43. The van der Waals surface area contributed by atoms with Gasteiger partial charge in [-0.25, -0.2) is 4.57 Å². The van der Waals surface area contributed by atoms with Gasteiger partial charge >= 0.3 is 0 Å². The van der Waals surface area contributed by atoms with Gasteiger partial charge in [-0.15, -0.1) is 0 Å². The Labute approximate surface area is 82.0 Å². The number of aryl methyl sites for hydroxylation is 1. The van der Waals surface area contributed by atoms with Crippen molar-refractivity contribution in [3.8, 4) is 0 Å². The van der Waals surface area contributed by atoms with Gasteiger partial charge in [-0.05, 0) is 6.07 Å². The largest absolute Gasteiger partial charge is 1.00 e. The lowest BCUT2D eigenvalue weighted by Gasteiger charge is -1.93. The highest BCUT2D eigenvalue weighted by Gasteiger charge is 1.96. The molecule has 2 nitrogen and oxygen atoms in total. The van der Waals surface area contributed by atoms with Crippen LogP contribution < -0.4 is 34.3 Å². The first-order chi connectivity index (χ1) is 4.20. The molecule has 4 heteroatoms. The van der Waals surface area contributed by atoms with Crippen LogP contribution in [0.4, 0.5) is 5.82 Å². The van der Waals surface area contributed by atoms with Crippen LogP contribution in [0.2, 0.25) is 5.02 Å². The molecule has 0 aromatic carbocycles. The van der Waals surface area contributed by atoms with E-state index in [1.165, 1.54) is 0 Å². The van der Waals surface area contributed by atoms with Crippen LogP contribution in [0.1, 0.15) is 0 Å². The van der Waals surface area contributed by atoms with Crippen molar-refractivity contribution < 1.29 is 28.5 Å². The lowest BCUT2D eigenvalue weighted by molar-refractivity contribution is -0.656. The Morgan fingerprint density at radius 2 is 2.20 bits per heavy atom. The molecule has 0 unspecified atom stereocenters. The van der Waals surface area contributed by atoms with Gasteiger partial charge in [-0.1, -0.05) is 11.6 Å². The average Bonchev–Trinajstić information content (AvgIpc) is 1.80. The summed E-state index contributed by atoms with van der Waals surface area (Å²) in [6.45, 7) is 0. The van der Waals surface area contributed by atoms with Crippen molar-refractivity contribution in [2.45, 2.75) is 0 Å². The Kier molecular flexibility index (Phi) is 3.96. The molecule has 0 saturated heterocycles. The van der Waals surface area contributed by atoms with Crippen LogP contribution in [0.3, 0.4) is 0 Å². The van der Waals surface area contributed by atoms with E-state index in [4.69, 9.17) is 17.3 Å². The second-order valence-electron chi connectivity index (χ2n) is 1.88. The van der Waals surface area contributed by atoms with E-state index in [9.17, 15) is 0 Å². The molecule has 56 valence electrons. The molecule has 0 radical (unpaired) electrons. The fraction of sp³-hybridized carbons (Fsp3) is 0.167. The number of nitrogens with zero attached hydrogens (tertiary/aromatic N) is 1. The van der Waals surface area contributed by atoms with E-state index in [1.54, 1.807) is 16.7 Å². The predicted molar refractivity (Wildman–Crippen MR) is 37.0 cm³/mol. The number of hydrogen-bond acceptors (Lipinski definition) is 1. The number of pyridine rings is 1. The molecule has 0 fully saturated rings. The number of halogens is 2. The molecule has 0 aliphatic rings. The zero-order valence-electron chi connectivity index (χ0n) is 5.51. The SMILES string of the molecule is C[n+]1ccc(Cl)cc1N.[I-]. The summed E-state index contributed by atoms with van der Waals surface area (Å²) in [6.07, 6.45) is 1.82. The molecule has 0 bridgehead atoms. The molecule has 0 spiro atoms. The van der Waals surface area contributed by atoms with Crippen molar-refractivity contribution in [1.82, 2.24) is 0 Å². The molecular weight excluding hydrogens is 262 g/mol. The Hall–Kier alpha value is -0.0300. The first-order valence-corrected chi connectivity index (χ1v) is 2.98. The topological polar surface area (TPSA) is 29.9 Å². The maximum Gasteiger partial charge on any atom is 0.273 e. The quantitative estimate of drug-likeness (QED) is 0.419. The van der Waals surface area contributed by atoms with Gasteiger partial charge in [0.25, 0.3) is 5.82 Å². The van der Waals surface area contributed by atoms with Crippen LogP contribution in [0.5, 0.6) is 0 Å². The summed E-state index contributed by atoms with van der Waals surface area (Å²) in [5.41, 5.74) is 5.50. The highest BCUT2D eigenvalue weighted by molar-refractivity contribution is 6.30. The Bertz CT molecular complexity index is 227. The highest BCUT2D eigenvalue weighted by atomic mass is 127. The van der Waals surface area contributed by atoms with E-state index >= 15 is 0 Å². The van der Waals surface area contributed by atoms with Crippen LogP contribution in [-0.4, -0.2) is 0 Å². The Morgan fingerprint density at radius 1 is 1.60 bits per heavy atom. The van der Waals surface area contributed by atoms with Crippen molar-refractivity contribution in [2.24, 2.45) is 7.05 Å². The van der Waals surface area contributed by atoms with Gasteiger partial charge in [-0.3, -0.25) is 5.73 Å². The predicted octanol–water partition coefficient (Wildman–Crippen LogP) is -2.25. The van der Waals surface area contributed by atoms with Crippen molar-refractivity contribution in [2.75, 3.05) is 5.73 Å².